The smallest absolute Gasteiger partial charge is 0.260 e. The summed E-state index contributed by atoms with van der Waals surface area (Å²) >= 11 is 10.5. The molecule has 4 nitrogen and oxygen atoms in total. The second-order valence-electron chi connectivity index (χ2n) is 3.77. The number of carbonyl (C=O) groups is 1. The number of thiocarbonyl (C=S) groups is 1. The molecule has 0 unspecified atom stereocenters. The number of carbonyl (C=O) groups excluding carboxylic acids is 1. The number of benzene rings is 1. The number of nitrogens with zero attached hydrogens (tertiary/aromatic N) is 1. The second-order valence-corrected chi connectivity index (χ2v) is 4.74. The summed E-state index contributed by atoms with van der Waals surface area (Å²) in [7, 11) is 1.69. The minimum absolute atomic E-state index is 0.0184. The van der Waals surface area contributed by atoms with Crippen LogP contribution in [-0.2, 0) is 4.79 Å². The molecular weight excluding hydrogens is 272 g/mol. The van der Waals surface area contributed by atoms with Gasteiger partial charge in [-0.1, -0.05) is 23.8 Å². The fourth-order valence-corrected chi connectivity index (χ4v) is 1.41. The van der Waals surface area contributed by atoms with Crippen molar-refractivity contribution in [3.63, 3.8) is 0 Å². The highest BCUT2D eigenvalue weighted by Gasteiger charge is 2.09. The Morgan fingerprint density at radius 2 is 2.06 bits per heavy atom. The first-order valence-electron chi connectivity index (χ1n) is 5.39. The van der Waals surface area contributed by atoms with Crippen molar-refractivity contribution in [2.45, 2.75) is 6.42 Å². The van der Waals surface area contributed by atoms with Crippen LogP contribution < -0.4 is 10.5 Å². The summed E-state index contributed by atoms with van der Waals surface area (Å²) in [6, 6.07) is 6.84. The molecule has 0 aliphatic carbocycles. The van der Waals surface area contributed by atoms with Crippen LogP contribution in [0.2, 0.25) is 5.02 Å². The number of ether oxygens (including phenoxy) is 1. The van der Waals surface area contributed by atoms with Crippen molar-refractivity contribution in [3.05, 3.63) is 29.3 Å². The van der Waals surface area contributed by atoms with Gasteiger partial charge in [-0.3, -0.25) is 4.79 Å². The Labute approximate surface area is 117 Å². The molecule has 0 spiro atoms. The standard InChI is InChI=1S/C12H15ClN2O2S/c1-15(7-6-11(14)18)12(16)8-17-10-4-2-9(13)3-5-10/h2-5H,6-8H2,1H3,(H2,14,18). The molecule has 0 atom stereocenters. The number of rotatable bonds is 6. The molecule has 1 aromatic rings. The van der Waals surface area contributed by atoms with E-state index in [-0.39, 0.29) is 12.5 Å². The topological polar surface area (TPSA) is 55.6 Å². The lowest BCUT2D eigenvalue weighted by Gasteiger charge is -2.17. The first kappa shape index (κ1) is 14.7. The third-order valence-corrected chi connectivity index (χ3v) is 2.75. The molecule has 6 heteroatoms. The largest absolute Gasteiger partial charge is 0.484 e. The summed E-state index contributed by atoms with van der Waals surface area (Å²) < 4.78 is 5.34. The monoisotopic (exact) mass is 286 g/mol. The fourth-order valence-electron chi connectivity index (χ4n) is 1.19. The first-order valence-corrected chi connectivity index (χ1v) is 6.18. The Bertz CT molecular complexity index is 423. The third kappa shape index (κ3) is 5.33. The number of hydrogen-bond donors (Lipinski definition) is 1. The molecule has 18 heavy (non-hydrogen) atoms. The van der Waals surface area contributed by atoms with Gasteiger partial charge in [-0.2, -0.15) is 0 Å². The Balaban J connectivity index is 2.36. The minimum atomic E-state index is -0.124. The molecule has 0 aliphatic rings. The predicted molar refractivity (Wildman–Crippen MR) is 76.0 cm³/mol. The van der Waals surface area contributed by atoms with Gasteiger partial charge in [-0.15, -0.1) is 0 Å². The molecule has 2 N–H and O–H groups in total. The second kappa shape index (κ2) is 7.18. The minimum Gasteiger partial charge on any atom is -0.484 e. The number of amides is 1. The lowest BCUT2D eigenvalue weighted by atomic mass is 10.3. The van der Waals surface area contributed by atoms with Gasteiger partial charge in [0.05, 0.1) is 4.99 Å². The van der Waals surface area contributed by atoms with E-state index in [2.05, 4.69) is 0 Å². The molecule has 1 amide bonds. The van der Waals surface area contributed by atoms with Gasteiger partial charge in [-0.05, 0) is 24.3 Å². The number of halogens is 1. The van der Waals surface area contributed by atoms with Gasteiger partial charge in [0, 0.05) is 25.0 Å². The van der Waals surface area contributed by atoms with Crippen molar-refractivity contribution in [1.82, 2.24) is 4.90 Å². The maximum atomic E-state index is 11.7. The summed E-state index contributed by atoms with van der Waals surface area (Å²) in [6.45, 7) is 0.480. The SMILES string of the molecule is CN(CCC(N)=S)C(=O)COc1ccc(Cl)cc1. The van der Waals surface area contributed by atoms with Crippen molar-refractivity contribution >= 4 is 34.7 Å². The molecule has 1 rings (SSSR count). The number of likely N-dealkylation sites (N-methyl/N-ethyl adjacent to an activating group) is 1. The van der Waals surface area contributed by atoms with Gasteiger partial charge in [0.25, 0.3) is 5.91 Å². The van der Waals surface area contributed by atoms with E-state index < -0.39 is 0 Å². The quantitative estimate of drug-likeness (QED) is 0.811. The van der Waals surface area contributed by atoms with E-state index in [1.165, 1.54) is 4.90 Å². The first-order chi connectivity index (χ1) is 8.49. The van der Waals surface area contributed by atoms with Gasteiger partial charge in [-0.25, -0.2) is 0 Å². The van der Waals surface area contributed by atoms with Crippen molar-refractivity contribution in [2.75, 3.05) is 20.2 Å². The van der Waals surface area contributed by atoms with Gasteiger partial charge >= 0.3 is 0 Å². The average Bonchev–Trinajstić information content (AvgIpc) is 2.34. The Kier molecular flexibility index (Phi) is 5.88. The molecule has 0 fully saturated rings. The van der Waals surface area contributed by atoms with Crippen molar-refractivity contribution in [2.24, 2.45) is 5.73 Å². The zero-order valence-corrected chi connectivity index (χ0v) is 11.6. The normalized spacial score (nSPS) is 9.89. The number of nitrogens with two attached hydrogens (primary N) is 1. The highest BCUT2D eigenvalue weighted by atomic mass is 35.5. The Morgan fingerprint density at radius 3 is 2.61 bits per heavy atom. The number of hydrogen-bond acceptors (Lipinski definition) is 3. The summed E-state index contributed by atoms with van der Waals surface area (Å²) in [5.41, 5.74) is 5.37. The average molecular weight is 287 g/mol. The Morgan fingerprint density at radius 1 is 1.44 bits per heavy atom. The van der Waals surface area contributed by atoms with Crippen LogP contribution in [-0.4, -0.2) is 36.0 Å². The Hall–Kier alpha value is -1.33. The molecule has 0 aromatic heterocycles. The zero-order valence-electron chi connectivity index (χ0n) is 10.1. The van der Waals surface area contributed by atoms with Gasteiger partial charge in [0.15, 0.2) is 6.61 Å². The lowest BCUT2D eigenvalue weighted by molar-refractivity contribution is -0.131. The zero-order chi connectivity index (χ0) is 13.5. The molecule has 98 valence electrons. The molecule has 0 aliphatic heterocycles. The summed E-state index contributed by atoms with van der Waals surface area (Å²) in [6.07, 6.45) is 0.512. The third-order valence-electron chi connectivity index (χ3n) is 2.30. The van der Waals surface area contributed by atoms with E-state index in [0.717, 1.165) is 0 Å². The highest BCUT2D eigenvalue weighted by molar-refractivity contribution is 7.80. The van der Waals surface area contributed by atoms with Gasteiger partial charge in [0.1, 0.15) is 5.75 Å². The van der Waals surface area contributed by atoms with Crippen LogP contribution in [0.5, 0.6) is 5.75 Å². The molecular formula is C12H15ClN2O2S. The van der Waals surface area contributed by atoms with E-state index in [1.54, 1.807) is 31.3 Å². The van der Waals surface area contributed by atoms with E-state index >= 15 is 0 Å². The predicted octanol–water partition coefficient (Wildman–Crippen LogP) is 1.85. The fraction of sp³-hybridized carbons (Fsp3) is 0.333. The van der Waals surface area contributed by atoms with Crippen LogP contribution in [0, 0.1) is 0 Å². The van der Waals surface area contributed by atoms with Crippen molar-refractivity contribution < 1.29 is 9.53 Å². The molecule has 0 saturated heterocycles. The molecule has 0 heterocycles. The summed E-state index contributed by atoms with van der Waals surface area (Å²) in [4.78, 5) is 13.6. The van der Waals surface area contributed by atoms with Crippen LogP contribution in [0.15, 0.2) is 24.3 Å². The van der Waals surface area contributed by atoms with Crippen LogP contribution in [0.1, 0.15) is 6.42 Å². The van der Waals surface area contributed by atoms with E-state index in [0.29, 0.717) is 28.7 Å². The molecule has 1 aromatic carbocycles. The van der Waals surface area contributed by atoms with Crippen LogP contribution in [0.4, 0.5) is 0 Å². The van der Waals surface area contributed by atoms with Crippen LogP contribution >= 0.6 is 23.8 Å². The summed E-state index contributed by atoms with van der Waals surface area (Å²) in [5, 5.41) is 0.627. The van der Waals surface area contributed by atoms with Crippen LogP contribution in [0.3, 0.4) is 0 Å². The summed E-state index contributed by atoms with van der Waals surface area (Å²) in [5.74, 6) is 0.483. The molecule has 0 radical (unpaired) electrons. The maximum Gasteiger partial charge on any atom is 0.260 e. The van der Waals surface area contributed by atoms with Crippen molar-refractivity contribution in [3.8, 4) is 5.75 Å². The van der Waals surface area contributed by atoms with Crippen molar-refractivity contribution in [1.29, 1.82) is 0 Å². The van der Waals surface area contributed by atoms with Gasteiger partial charge < -0.3 is 15.4 Å². The van der Waals surface area contributed by atoms with Crippen LogP contribution in [0.25, 0.3) is 0 Å². The maximum absolute atomic E-state index is 11.7. The van der Waals surface area contributed by atoms with Gasteiger partial charge in [0.2, 0.25) is 0 Å². The molecule has 0 saturated carbocycles. The highest BCUT2D eigenvalue weighted by Crippen LogP contribution is 2.15. The lowest BCUT2D eigenvalue weighted by Crippen LogP contribution is -2.33. The van der Waals surface area contributed by atoms with E-state index in [4.69, 9.17) is 34.3 Å². The van der Waals surface area contributed by atoms with E-state index in [1.807, 2.05) is 0 Å². The van der Waals surface area contributed by atoms with E-state index in [9.17, 15) is 4.79 Å². The molecule has 0 bridgehead atoms.